The third-order valence-corrected chi connectivity index (χ3v) is 8.21. The van der Waals surface area contributed by atoms with Gasteiger partial charge >= 0.3 is 0 Å². The van der Waals surface area contributed by atoms with Gasteiger partial charge in [0.15, 0.2) is 6.79 Å². The van der Waals surface area contributed by atoms with Gasteiger partial charge in [-0.05, 0) is 70.1 Å². The fraction of sp³-hybridized carbons (Fsp3) is 0.229. The van der Waals surface area contributed by atoms with Crippen LogP contribution in [0.3, 0.4) is 0 Å². The molecule has 226 valence electrons. The minimum absolute atomic E-state index is 0.0594. The number of methoxy groups -OCH3 is 1. The number of imide groups is 1. The summed E-state index contributed by atoms with van der Waals surface area (Å²) in [7, 11) is 3.43. The molecule has 0 radical (unpaired) electrons. The molecule has 1 aliphatic rings. The van der Waals surface area contributed by atoms with E-state index in [0.717, 1.165) is 45.1 Å². The first-order chi connectivity index (χ1) is 21.4. The van der Waals surface area contributed by atoms with Crippen LogP contribution >= 0.6 is 11.8 Å². The Morgan fingerprint density at radius 3 is 2.14 bits per heavy atom. The normalized spacial score (nSPS) is 14.4. The fourth-order valence-corrected chi connectivity index (χ4v) is 5.71. The van der Waals surface area contributed by atoms with Crippen LogP contribution in [0, 0.1) is 0 Å². The van der Waals surface area contributed by atoms with E-state index in [2.05, 4.69) is 11.4 Å². The topological polar surface area (TPSA) is 94.2 Å². The molecule has 1 heterocycles. The molecule has 1 saturated heterocycles. The highest BCUT2D eigenvalue weighted by atomic mass is 32.2. The van der Waals surface area contributed by atoms with E-state index in [4.69, 9.17) is 14.2 Å². The summed E-state index contributed by atoms with van der Waals surface area (Å²) in [6.07, 6.45) is 0.504. The first-order valence-electron chi connectivity index (χ1n) is 14.2. The van der Waals surface area contributed by atoms with Gasteiger partial charge in [0, 0.05) is 26.3 Å². The lowest BCUT2D eigenvalue weighted by Gasteiger charge is -2.18. The van der Waals surface area contributed by atoms with E-state index in [-0.39, 0.29) is 29.1 Å². The highest BCUT2D eigenvalue weighted by Gasteiger charge is 2.31. The minimum Gasteiger partial charge on any atom is -0.468 e. The first kappa shape index (κ1) is 31.0. The van der Waals surface area contributed by atoms with Crippen LogP contribution < -0.4 is 10.1 Å². The third-order valence-electron chi connectivity index (χ3n) is 7.23. The predicted molar refractivity (Wildman–Crippen MR) is 171 cm³/mol. The Morgan fingerprint density at radius 2 is 1.48 bits per heavy atom. The molecule has 0 spiro atoms. The number of amides is 3. The average molecular weight is 611 g/mol. The highest BCUT2D eigenvalue weighted by Crippen LogP contribution is 2.27. The second-order valence-corrected chi connectivity index (χ2v) is 11.6. The molecule has 5 rings (SSSR count). The second kappa shape index (κ2) is 14.8. The molecule has 1 fully saturated rings. The van der Waals surface area contributed by atoms with E-state index in [1.807, 2.05) is 91.0 Å². The van der Waals surface area contributed by atoms with Crippen LogP contribution in [0.25, 0.3) is 22.3 Å². The summed E-state index contributed by atoms with van der Waals surface area (Å²) >= 11 is 1.04. The summed E-state index contributed by atoms with van der Waals surface area (Å²) < 4.78 is 15.9. The number of hydrogen-bond donors (Lipinski definition) is 1. The van der Waals surface area contributed by atoms with E-state index >= 15 is 0 Å². The van der Waals surface area contributed by atoms with Gasteiger partial charge in [-0.15, -0.1) is 0 Å². The zero-order valence-electron chi connectivity index (χ0n) is 24.7. The zero-order chi connectivity index (χ0) is 30.9. The molecule has 4 aromatic rings. The standard InChI is InChI=1S/C35H34N2O6S/c1-37(34(39)29-12-10-26(11-13-29)27-14-16-31(17-15-27)43-23-42-19-18-41-2)22-25-4-3-5-30(20-25)28-8-6-24(7-9-28)21-32-33(38)36-35(40)44-32/h3-17,20,32H,18-19,21-23H2,1-2H3,(H,36,38,40). The van der Waals surface area contributed by atoms with Gasteiger partial charge in [-0.1, -0.05) is 78.5 Å². The summed E-state index contributed by atoms with van der Waals surface area (Å²) in [6.45, 7) is 1.63. The van der Waals surface area contributed by atoms with Crippen LogP contribution in [0.5, 0.6) is 5.75 Å². The van der Waals surface area contributed by atoms with E-state index in [1.54, 1.807) is 19.1 Å². The van der Waals surface area contributed by atoms with E-state index in [1.165, 1.54) is 0 Å². The number of rotatable bonds is 13. The number of benzene rings is 4. The van der Waals surface area contributed by atoms with E-state index in [0.29, 0.717) is 37.5 Å². The number of ether oxygens (including phenoxy) is 3. The minimum atomic E-state index is -0.384. The molecule has 1 N–H and O–H groups in total. The number of hydrogen-bond acceptors (Lipinski definition) is 7. The summed E-state index contributed by atoms with van der Waals surface area (Å²) in [6, 6.07) is 31.5. The van der Waals surface area contributed by atoms with E-state index in [9.17, 15) is 14.4 Å². The van der Waals surface area contributed by atoms with Crippen molar-refractivity contribution in [1.29, 1.82) is 0 Å². The van der Waals surface area contributed by atoms with Crippen LogP contribution in [0.4, 0.5) is 4.79 Å². The van der Waals surface area contributed by atoms with Crippen molar-refractivity contribution in [2.45, 2.75) is 18.2 Å². The van der Waals surface area contributed by atoms with Gasteiger partial charge in [0.25, 0.3) is 11.1 Å². The quantitative estimate of drug-likeness (QED) is 0.143. The average Bonchev–Trinajstić information content (AvgIpc) is 3.37. The molecule has 0 aliphatic carbocycles. The molecule has 1 unspecified atom stereocenters. The number of nitrogens with zero attached hydrogens (tertiary/aromatic N) is 1. The maximum Gasteiger partial charge on any atom is 0.286 e. The Morgan fingerprint density at radius 1 is 0.818 bits per heavy atom. The Kier molecular flexibility index (Phi) is 10.5. The number of carbonyl (C=O) groups is 3. The van der Waals surface area contributed by atoms with Gasteiger partial charge in [-0.2, -0.15) is 0 Å². The van der Waals surface area contributed by atoms with Crippen molar-refractivity contribution in [3.05, 3.63) is 114 Å². The SMILES string of the molecule is COCCOCOc1ccc(-c2ccc(C(=O)N(C)Cc3cccc(-c4ccc(CC5SC(=O)NC5=O)cc4)c3)cc2)cc1. The Hall–Kier alpha value is -4.44. The molecule has 0 aromatic heterocycles. The molecule has 8 nitrogen and oxygen atoms in total. The molecular weight excluding hydrogens is 576 g/mol. The molecule has 44 heavy (non-hydrogen) atoms. The number of thioether (sulfide) groups is 1. The molecule has 0 saturated carbocycles. The summed E-state index contributed by atoms with van der Waals surface area (Å²) in [5.41, 5.74) is 6.73. The van der Waals surface area contributed by atoms with Gasteiger partial charge in [-0.25, -0.2) is 0 Å². The fourth-order valence-electron chi connectivity index (χ4n) is 4.85. The van der Waals surface area contributed by atoms with Crippen molar-refractivity contribution in [2.24, 2.45) is 0 Å². The lowest BCUT2D eigenvalue weighted by atomic mass is 10.00. The van der Waals surface area contributed by atoms with Gasteiger partial charge < -0.3 is 19.1 Å². The molecule has 3 amide bonds. The maximum absolute atomic E-state index is 13.2. The summed E-state index contributed by atoms with van der Waals surface area (Å²) in [4.78, 5) is 38.3. The smallest absolute Gasteiger partial charge is 0.286 e. The zero-order valence-corrected chi connectivity index (χ0v) is 25.5. The van der Waals surface area contributed by atoms with Crippen molar-refractivity contribution in [3.63, 3.8) is 0 Å². The predicted octanol–water partition coefficient (Wildman–Crippen LogP) is 6.19. The summed E-state index contributed by atoms with van der Waals surface area (Å²) in [5, 5.41) is 1.66. The van der Waals surface area contributed by atoms with Gasteiger partial charge in [0.2, 0.25) is 5.91 Å². The molecule has 1 atom stereocenters. The molecule has 4 aromatic carbocycles. The van der Waals surface area contributed by atoms with Crippen molar-refractivity contribution in [3.8, 4) is 28.0 Å². The Bertz CT molecular complexity index is 1590. The monoisotopic (exact) mass is 610 g/mol. The maximum atomic E-state index is 13.2. The van der Waals surface area contributed by atoms with Crippen molar-refractivity contribution >= 4 is 28.8 Å². The Balaban J connectivity index is 1.16. The van der Waals surface area contributed by atoms with Gasteiger partial charge in [0.1, 0.15) is 5.75 Å². The van der Waals surface area contributed by atoms with Crippen LogP contribution in [0.1, 0.15) is 21.5 Å². The van der Waals surface area contributed by atoms with Crippen molar-refractivity contribution < 1.29 is 28.6 Å². The van der Waals surface area contributed by atoms with E-state index < -0.39 is 0 Å². The first-order valence-corrected chi connectivity index (χ1v) is 15.1. The van der Waals surface area contributed by atoms with Crippen LogP contribution in [0.2, 0.25) is 0 Å². The Labute approximate surface area is 261 Å². The highest BCUT2D eigenvalue weighted by molar-refractivity contribution is 8.15. The van der Waals surface area contributed by atoms with Gasteiger partial charge in [-0.3, -0.25) is 19.7 Å². The molecule has 1 aliphatic heterocycles. The number of nitrogens with one attached hydrogen (secondary N) is 1. The number of carbonyl (C=O) groups excluding carboxylic acids is 3. The lowest BCUT2D eigenvalue weighted by molar-refractivity contribution is -0.118. The van der Waals surface area contributed by atoms with Crippen LogP contribution in [-0.4, -0.2) is 61.4 Å². The van der Waals surface area contributed by atoms with Crippen molar-refractivity contribution in [1.82, 2.24) is 10.2 Å². The lowest BCUT2D eigenvalue weighted by Crippen LogP contribution is -2.26. The summed E-state index contributed by atoms with van der Waals surface area (Å²) in [5.74, 6) is 0.424. The van der Waals surface area contributed by atoms with Crippen molar-refractivity contribution in [2.75, 3.05) is 34.2 Å². The van der Waals surface area contributed by atoms with Gasteiger partial charge in [0.05, 0.1) is 18.5 Å². The van der Waals surface area contributed by atoms with Crippen LogP contribution in [-0.2, 0) is 27.2 Å². The molecule has 9 heteroatoms. The second-order valence-electron chi connectivity index (χ2n) is 10.4. The van der Waals surface area contributed by atoms with Crippen LogP contribution in [0.15, 0.2) is 97.1 Å². The molecule has 0 bridgehead atoms. The largest absolute Gasteiger partial charge is 0.468 e. The third kappa shape index (κ3) is 8.13. The molecular formula is C35H34N2O6S.